The van der Waals surface area contributed by atoms with Gasteiger partial charge in [0.15, 0.2) is 5.65 Å². The van der Waals surface area contributed by atoms with E-state index in [4.69, 9.17) is 0 Å². The van der Waals surface area contributed by atoms with Gasteiger partial charge in [0.05, 0.1) is 11.9 Å². The Morgan fingerprint density at radius 1 is 1.30 bits per heavy atom. The standard InChI is InChI=1S/C14H11BrN4O/c1-9-8-12(17-13-6-7-16-19(9)13)14(20)18-11-5-3-2-4-10(11)15/h2-8H,1H3,(H,18,20). The smallest absolute Gasteiger partial charge is 0.274 e. The number of carbonyl (C=O) groups is 1. The Morgan fingerprint density at radius 2 is 2.10 bits per heavy atom. The molecule has 0 aliphatic rings. The van der Waals surface area contributed by atoms with Gasteiger partial charge in [-0.25, -0.2) is 9.50 Å². The molecule has 2 heterocycles. The molecular formula is C14H11BrN4O. The van der Waals surface area contributed by atoms with Crippen LogP contribution in [0.25, 0.3) is 5.65 Å². The number of benzene rings is 1. The molecule has 0 atom stereocenters. The van der Waals surface area contributed by atoms with Crippen LogP contribution in [0.2, 0.25) is 0 Å². The molecule has 100 valence electrons. The summed E-state index contributed by atoms with van der Waals surface area (Å²) in [7, 11) is 0. The van der Waals surface area contributed by atoms with Gasteiger partial charge >= 0.3 is 0 Å². The molecule has 0 bridgehead atoms. The molecule has 0 unspecified atom stereocenters. The number of hydrogen-bond acceptors (Lipinski definition) is 3. The van der Waals surface area contributed by atoms with Crippen LogP contribution in [0.5, 0.6) is 0 Å². The minimum Gasteiger partial charge on any atom is -0.320 e. The lowest BCUT2D eigenvalue weighted by molar-refractivity contribution is 0.102. The van der Waals surface area contributed by atoms with Gasteiger partial charge in [-0.2, -0.15) is 5.10 Å². The number of aromatic nitrogens is 3. The summed E-state index contributed by atoms with van der Waals surface area (Å²) in [4.78, 5) is 16.6. The van der Waals surface area contributed by atoms with Crippen molar-refractivity contribution < 1.29 is 4.79 Å². The van der Waals surface area contributed by atoms with Crippen molar-refractivity contribution in [1.82, 2.24) is 14.6 Å². The number of rotatable bonds is 2. The molecule has 1 amide bonds. The van der Waals surface area contributed by atoms with Crippen molar-refractivity contribution in [2.24, 2.45) is 0 Å². The number of fused-ring (bicyclic) bond motifs is 1. The van der Waals surface area contributed by atoms with Crippen LogP contribution in [0.4, 0.5) is 5.69 Å². The van der Waals surface area contributed by atoms with E-state index in [1.54, 1.807) is 22.8 Å². The van der Waals surface area contributed by atoms with Gasteiger partial charge in [-0.15, -0.1) is 0 Å². The average molecular weight is 331 g/mol. The summed E-state index contributed by atoms with van der Waals surface area (Å²) >= 11 is 3.40. The first kappa shape index (κ1) is 12.8. The molecule has 3 aromatic rings. The van der Waals surface area contributed by atoms with Crippen molar-refractivity contribution >= 4 is 33.2 Å². The Kier molecular flexibility index (Phi) is 3.23. The van der Waals surface area contributed by atoms with Gasteiger partial charge < -0.3 is 5.32 Å². The van der Waals surface area contributed by atoms with Crippen molar-refractivity contribution in [3.8, 4) is 0 Å². The molecule has 0 saturated carbocycles. The Labute approximate surface area is 123 Å². The number of hydrogen-bond donors (Lipinski definition) is 1. The third kappa shape index (κ3) is 2.30. The zero-order valence-electron chi connectivity index (χ0n) is 10.7. The molecule has 20 heavy (non-hydrogen) atoms. The number of amides is 1. The normalized spacial score (nSPS) is 10.7. The van der Waals surface area contributed by atoms with Crippen molar-refractivity contribution in [3.63, 3.8) is 0 Å². The maximum atomic E-state index is 12.3. The summed E-state index contributed by atoms with van der Waals surface area (Å²) in [6.45, 7) is 1.89. The second-order valence-corrected chi connectivity index (χ2v) is 5.17. The fourth-order valence-corrected chi connectivity index (χ4v) is 2.32. The molecule has 0 saturated heterocycles. The summed E-state index contributed by atoms with van der Waals surface area (Å²) in [5.74, 6) is -0.247. The fourth-order valence-electron chi connectivity index (χ4n) is 1.93. The number of nitrogens with one attached hydrogen (secondary N) is 1. The van der Waals surface area contributed by atoms with Crippen LogP contribution in [-0.2, 0) is 0 Å². The maximum absolute atomic E-state index is 12.3. The van der Waals surface area contributed by atoms with Gasteiger partial charge in [0.1, 0.15) is 5.69 Å². The van der Waals surface area contributed by atoms with Gasteiger partial charge in [0, 0.05) is 16.2 Å². The van der Waals surface area contributed by atoms with Crippen LogP contribution >= 0.6 is 15.9 Å². The zero-order chi connectivity index (χ0) is 14.1. The first-order chi connectivity index (χ1) is 9.65. The number of para-hydroxylation sites is 1. The van der Waals surface area contributed by atoms with E-state index in [0.29, 0.717) is 17.0 Å². The van der Waals surface area contributed by atoms with Crippen molar-refractivity contribution in [2.75, 3.05) is 5.32 Å². The van der Waals surface area contributed by atoms with E-state index >= 15 is 0 Å². The lowest BCUT2D eigenvalue weighted by Gasteiger charge is -2.08. The molecule has 1 N–H and O–H groups in total. The summed E-state index contributed by atoms with van der Waals surface area (Å²) in [6.07, 6.45) is 1.66. The molecule has 3 rings (SSSR count). The molecule has 0 aliphatic carbocycles. The second kappa shape index (κ2) is 5.05. The molecule has 5 nitrogen and oxygen atoms in total. The third-order valence-electron chi connectivity index (χ3n) is 2.89. The lowest BCUT2D eigenvalue weighted by Crippen LogP contribution is -2.15. The first-order valence-electron chi connectivity index (χ1n) is 6.02. The number of carbonyl (C=O) groups excluding carboxylic acids is 1. The first-order valence-corrected chi connectivity index (χ1v) is 6.82. The average Bonchev–Trinajstić information content (AvgIpc) is 2.90. The SMILES string of the molecule is Cc1cc(C(=O)Nc2ccccc2Br)nc2ccnn12. The van der Waals surface area contributed by atoms with Crippen LogP contribution in [0, 0.1) is 6.92 Å². The largest absolute Gasteiger partial charge is 0.320 e. The van der Waals surface area contributed by atoms with Gasteiger partial charge in [0.2, 0.25) is 0 Å². The third-order valence-corrected chi connectivity index (χ3v) is 3.58. The number of aryl methyl sites for hydroxylation is 1. The van der Waals surface area contributed by atoms with E-state index in [1.165, 1.54) is 0 Å². The van der Waals surface area contributed by atoms with Gasteiger partial charge in [0.25, 0.3) is 5.91 Å². The minimum absolute atomic E-state index is 0.247. The highest BCUT2D eigenvalue weighted by Crippen LogP contribution is 2.21. The quantitative estimate of drug-likeness (QED) is 0.785. The lowest BCUT2D eigenvalue weighted by atomic mass is 10.3. The molecule has 0 aliphatic heterocycles. The Hall–Kier alpha value is -2.21. The van der Waals surface area contributed by atoms with Gasteiger partial charge in [-0.05, 0) is 41.1 Å². The fraction of sp³-hybridized carbons (Fsp3) is 0.0714. The second-order valence-electron chi connectivity index (χ2n) is 4.32. The molecule has 0 spiro atoms. The van der Waals surface area contributed by atoms with Crippen LogP contribution < -0.4 is 5.32 Å². The number of nitrogens with zero attached hydrogens (tertiary/aromatic N) is 3. The maximum Gasteiger partial charge on any atom is 0.274 e. The molecule has 6 heteroatoms. The summed E-state index contributed by atoms with van der Waals surface area (Å²) < 4.78 is 2.52. The van der Waals surface area contributed by atoms with Crippen LogP contribution in [-0.4, -0.2) is 20.5 Å². The van der Waals surface area contributed by atoms with E-state index in [2.05, 4.69) is 31.3 Å². The van der Waals surface area contributed by atoms with Crippen molar-refractivity contribution in [3.05, 3.63) is 58.5 Å². The van der Waals surface area contributed by atoms with Gasteiger partial charge in [-0.3, -0.25) is 4.79 Å². The molecule has 0 fully saturated rings. The van der Waals surface area contributed by atoms with Crippen molar-refractivity contribution in [1.29, 1.82) is 0 Å². The Balaban J connectivity index is 1.95. The molecule has 2 aromatic heterocycles. The monoisotopic (exact) mass is 330 g/mol. The van der Waals surface area contributed by atoms with E-state index in [1.807, 2.05) is 31.2 Å². The van der Waals surface area contributed by atoms with Crippen LogP contribution in [0.1, 0.15) is 16.2 Å². The van der Waals surface area contributed by atoms with E-state index in [-0.39, 0.29) is 5.91 Å². The van der Waals surface area contributed by atoms with Crippen molar-refractivity contribution in [2.45, 2.75) is 6.92 Å². The Bertz CT molecular complexity index is 797. The highest BCUT2D eigenvalue weighted by molar-refractivity contribution is 9.10. The highest BCUT2D eigenvalue weighted by Gasteiger charge is 2.12. The van der Waals surface area contributed by atoms with E-state index < -0.39 is 0 Å². The Morgan fingerprint density at radius 3 is 2.90 bits per heavy atom. The number of halogens is 1. The number of anilines is 1. The van der Waals surface area contributed by atoms with Crippen LogP contribution in [0.15, 0.2) is 47.1 Å². The predicted octanol–water partition coefficient (Wildman–Crippen LogP) is 3.05. The topological polar surface area (TPSA) is 59.3 Å². The molecule has 0 radical (unpaired) electrons. The van der Waals surface area contributed by atoms with E-state index in [9.17, 15) is 4.79 Å². The van der Waals surface area contributed by atoms with E-state index in [0.717, 1.165) is 10.2 Å². The molecular weight excluding hydrogens is 320 g/mol. The summed E-state index contributed by atoms with van der Waals surface area (Å²) in [5.41, 5.74) is 2.59. The zero-order valence-corrected chi connectivity index (χ0v) is 12.3. The van der Waals surface area contributed by atoms with Crippen LogP contribution in [0.3, 0.4) is 0 Å². The van der Waals surface area contributed by atoms with Gasteiger partial charge in [-0.1, -0.05) is 12.1 Å². The predicted molar refractivity (Wildman–Crippen MR) is 79.8 cm³/mol. The minimum atomic E-state index is -0.247. The highest BCUT2D eigenvalue weighted by atomic mass is 79.9. The summed E-state index contributed by atoms with van der Waals surface area (Å²) in [6, 6.07) is 10.9. The molecule has 1 aromatic carbocycles. The summed E-state index contributed by atoms with van der Waals surface area (Å²) in [5, 5.41) is 6.96.